The van der Waals surface area contributed by atoms with Crippen LogP contribution in [0.25, 0.3) is 10.1 Å². The summed E-state index contributed by atoms with van der Waals surface area (Å²) in [7, 11) is -4.99. The third-order valence-corrected chi connectivity index (χ3v) is 15.8. The number of likely N-dealkylation sites (tertiary alicyclic amines) is 1. The Labute approximate surface area is 350 Å². The van der Waals surface area contributed by atoms with Crippen molar-refractivity contribution >= 4 is 63.5 Å². The highest BCUT2D eigenvalue weighted by molar-refractivity contribution is 8.13. The van der Waals surface area contributed by atoms with Crippen molar-refractivity contribution in [3.8, 4) is 0 Å². The fourth-order valence-electron chi connectivity index (χ4n) is 7.75. The highest BCUT2D eigenvalue weighted by Gasteiger charge is 2.53. The zero-order valence-corrected chi connectivity index (χ0v) is 35.4. The normalized spacial score (nSPS) is 21.1. The smallest absolute Gasteiger partial charge is 0.360 e. The quantitative estimate of drug-likeness (QED) is 0.0849. The molecule has 17 heteroatoms. The maximum Gasteiger partial charge on any atom is 0.360 e. The number of aliphatic hydroxyl groups excluding tert-OH is 1. The van der Waals surface area contributed by atoms with E-state index >= 15 is 8.78 Å². The van der Waals surface area contributed by atoms with Crippen LogP contribution in [0.15, 0.2) is 79.1 Å². The van der Waals surface area contributed by atoms with Crippen LogP contribution in [0.2, 0.25) is 0 Å². The molecule has 59 heavy (non-hydrogen) atoms. The summed E-state index contributed by atoms with van der Waals surface area (Å²) in [4.78, 5) is 61.8. The lowest BCUT2D eigenvalue weighted by Crippen LogP contribution is -2.58. The number of benzene rings is 2. The summed E-state index contributed by atoms with van der Waals surface area (Å²) in [6, 6.07) is 16.2. The summed E-state index contributed by atoms with van der Waals surface area (Å²) in [5.41, 5.74) is -3.98. The Hall–Kier alpha value is -4.05. The summed E-state index contributed by atoms with van der Waals surface area (Å²) < 4.78 is 53.1. The van der Waals surface area contributed by atoms with Crippen LogP contribution in [0.4, 0.5) is 8.78 Å². The number of nitrogens with one attached hydrogen (secondary N) is 2. The van der Waals surface area contributed by atoms with Crippen molar-refractivity contribution in [2.45, 2.75) is 82.2 Å². The van der Waals surface area contributed by atoms with Gasteiger partial charge in [-0.25, -0.2) is 5.09 Å². The van der Waals surface area contributed by atoms with E-state index < -0.39 is 55.4 Å². The zero-order chi connectivity index (χ0) is 42.0. The lowest BCUT2D eigenvalue weighted by Gasteiger charge is -2.42. The SMILES string of the molecule is CC(C)(CO)C(=O)SCCOP(=O)(NCc1ccccc1)C(F)(F)c1ccc2sc(C(=O)NC3CCC[C@H]4CC[C@@H](C(=O)N5CC(c6cccnc6)C5)N4C3=O)cc2c1. The van der Waals surface area contributed by atoms with Gasteiger partial charge in [0, 0.05) is 60.0 Å². The number of fused-ring (bicyclic) bond motifs is 2. The van der Waals surface area contributed by atoms with Crippen LogP contribution in [0.1, 0.15) is 78.2 Å². The average molecular weight is 868 g/mol. The van der Waals surface area contributed by atoms with Crippen molar-refractivity contribution in [2.75, 3.05) is 32.1 Å². The molecule has 3 fully saturated rings. The van der Waals surface area contributed by atoms with E-state index in [-0.39, 0.29) is 46.1 Å². The second-order valence-corrected chi connectivity index (χ2v) is 20.4. The second kappa shape index (κ2) is 17.9. The van der Waals surface area contributed by atoms with Gasteiger partial charge in [-0.05, 0) is 86.7 Å². The predicted octanol–water partition coefficient (Wildman–Crippen LogP) is 6.89. The number of carbonyl (C=O) groups excluding carboxylic acids is 4. The highest BCUT2D eigenvalue weighted by Crippen LogP contribution is 2.63. The molecule has 2 aromatic carbocycles. The summed E-state index contributed by atoms with van der Waals surface area (Å²) in [6.45, 7) is 3.24. The third-order valence-electron chi connectivity index (χ3n) is 11.4. The van der Waals surface area contributed by atoms with Gasteiger partial charge in [0.1, 0.15) is 12.1 Å². The number of aromatic nitrogens is 1. The van der Waals surface area contributed by atoms with Crippen molar-refractivity contribution < 1.29 is 42.2 Å². The van der Waals surface area contributed by atoms with Crippen molar-refractivity contribution in [3.05, 3.63) is 101 Å². The standard InChI is InChI=1S/C42H48F2N5O7PS2/c1-41(2,26-50)40(54)58-19-18-56-57(55,46-22-27-8-4-3-5-9-27)42(43,44)31-13-16-35-29(20-31)21-36(59-35)37(51)47-33-12-6-11-32-14-15-34(49(32)38(33)52)39(53)48-24-30(25-48)28-10-7-17-45-23-28/h3-5,7-10,13,16-17,20-21,23,30,32-34,50H,6,11-12,14-15,18-19,22,24-26H2,1-2H3,(H,46,55)(H,47,51)/t32-,33?,34-,57?/m0/s1. The molecule has 7 rings (SSSR count). The van der Waals surface area contributed by atoms with Crippen LogP contribution in [-0.4, -0.2) is 92.9 Å². The van der Waals surface area contributed by atoms with Crippen LogP contribution >= 0.6 is 30.6 Å². The molecule has 4 aromatic rings. The molecule has 3 saturated heterocycles. The lowest BCUT2D eigenvalue weighted by molar-refractivity contribution is -0.148. The molecule has 0 aliphatic carbocycles. The number of pyridine rings is 1. The Morgan fingerprint density at radius 2 is 1.81 bits per heavy atom. The van der Waals surface area contributed by atoms with E-state index in [0.717, 1.165) is 41.1 Å². The number of amides is 3. The number of halogens is 2. The van der Waals surface area contributed by atoms with E-state index in [9.17, 15) is 28.8 Å². The molecule has 0 saturated carbocycles. The van der Waals surface area contributed by atoms with Crippen LogP contribution in [0.3, 0.4) is 0 Å². The van der Waals surface area contributed by atoms with Crippen molar-refractivity contribution in [1.29, 1.82) is 0 Å². The number of carbonyl (C=O) groups is 4. The van der Waals surface area contributed by atoms with Crippen LogP contribution in [0.5, 0.6) is 0 Å². The molecule has 314 valence electrons. The van der Waals surface area contributed by atoms with Crippen LogP contribution in [-0.2, 0) is 35.7 Å². The van der Waals surface area contributed by atoms with Crippen LogP contribution < -0.4 is 10.4 Å². The number of rotatable bonds is 15. The Morgan fingerprint density at radius 1 is 1.03 bits per heavy atom. The number of thioether (sulfide) groups is 1. The highest BCUT2D eigenvalue weighted by atomic mass is 32.2. The average Bonchev–Trinajstić information content (AvgIpc) is 3.82. The van der Waals surface area contributed by atoms with Gasteiger partial charge < -0.3 is 24.7 Å². The van der Waals surface area contributed by atoms with E-state index in [0.29, 0.717) is 54.4 Å². The van der Waals surface area contributed by atoms with E-state index in [1.165, 1.54) is 18.2 Å². The first-order valence-corrected chi connectivity index (χ1v) is 23.2. The maximum atomic E-state index is 16.5. The zero-order valence-electron chi connectivity index (χ0n) is 32.9. The van der Waals surface area contributed by atoms with Crippen LogP contribution in [0, 0.1) is 5.41 Å². The van der Waals surface area contributed by atoms with Gasteiger partial charge in [-0.15, -0.1) is 11.3 Å². The molecule has 5 heterocycles. The summed E-state index contributed by atoms with van der Waals surface area (Å²) in [5.74, 6) is -0.764. The Kier molecular flexibility index (Phi) is 13.1. The number of alkyl halides is 2. The van der Waals surface area contributed by atoms with Crippen molar-refractivity contribution in [3.63, 3.8) is 0 Å². The molecular weight excluding hydrogens is 820 g/mol. The first-order valence-electron chi connectivity index (χ1n) is 19.8. The number of hydrogen-bond donors (Lipinski definition) is 3. The van der Waals surface area contributed by atoms with Gasteiger partial charge in [0.15, 0.2) is 5.12 Å². The topological polar surface area (TPSA) is 158 Å². The molecule has 4 atom stereocenters. The molecule has 2 unspecified atom stereocenters. The minimum absolute atomic E-state index is 0.0675. The number of thiophene rings is 1. The summed E-state index contributed by atoms with van der Waals surface area (Å²) >= 11 is 1.88. The van der Waals surface area contributed by atoms with E-state index in [4.69, 9.17) is 4.52 Å². The predicted molar refractivity (Wildman–Crippen MR) is 223 cm³/mol. The van der Waals surface area contributed by atoms with E-state index in [1.807, 2.05) is 18.3 Å². The first kappa shape index (κ1) is 43.1. The molecule has 0 radical (unpaired) electrons. The molecule has 3 N–H and O–H groups in total. The molecule has 12 nitrogen and oxygen atoms in total. The van der Waals surface area contributed by atoms with Crippen molar-refractivity contribution in [2.24, 2.45) is 5.41 Å². The van der Waals surface area contributed by atoms with E-state index in [1.54, 1.807) is 60.2 Å². The minimum atomic E-state index is -4.99. The van der Waals surface area contributed by atoms with Crippen molar-refractivity contribution in [1.82, 2.24) is 25.2 Å². The summed E-state index contributed by atoms with van der Waals surface area (Å²) in [5, 5.41) is 14.8. The van der Waals surface area contributed by atoms with Gasteiger partial charge in [0.05, 0.1) is 23.5 Å². The van der Waals surface area contributed by atoms with Gasteiger partial charge in [-0.2, -0.15) is 8.78 Å². The Morgan fingerprint density at radius 3 is 2.54 bits per heavy atom. The second-order valence-electron chi connectivity index (χ2n) is 16.0. The lowest BCUT2D eigenvalue weighted by atomic mass is 9.92. The third kappa shape index (κ3) is 9.18. The molecule has 0 bridgehead atoms. The number of aliphatic hydroxyl groups is 1. The summed E-state index contributed by atoms with van der Waals surface area (Å²) in [6.07, 6.45) is 6.63. The van der Waals surface area contributed by atoms with Gasteiger partial charge in [0.2, 0.25) is 11.8 Å². The van der Waals surface area contributed by atoms with E-state index in [2.05, 4.69) is 15.4 Å². The van der Waals surface area contributed by atoms with Gasteiger partial charge in [-0.3, -0.25) is 28.7 Å². The fraction of sp³-hybridized carbons (Fsp3) is 0.452. The molecular formula is C42H48F2N5O7PS2. The monoisotopic (exact) mass is 867 g/mol. The molecule has 3 amide bonds. The largest absolute Gasteiger partial charge is 0.395 e. The molecule has 3 aliphatic rings. The fourth-order valence-corrected chi connectivity index (χ4v) is 11.3. The molecule has 2 aromatic heterocycles. The molecule has 3 aliphatic heterocycles. The Bertz CT molecular complexity index is 2220. The van der Waals surface area contributed by atoms with Gasteiger partial charge in [-0.1, -0.05) is 54.2 Å². The number of nitrogens with zero attached hydrogens (tertiary/aromatic N) is 3. The molecule has 0 spiro atoms. The van der Waals surface area contributed by atoms with Gasteiger partial charge >= 0.3 is 13.2 Å². The number of hydrogen-bond acceptors (Lipinski definition) is 10. The Balaban J connectivity index is 1.03. The first-order chi connectivity index (χ1) is 28.2. The minimum Gasteiger partial charge on any atom is -0.395 e. The van der Waals surface area contributed by atoms with Gasteiger partial charge in [0.25, 0.3) is 5.91 Å². The maximum absolute atomic E-state index is 16.5.